The van der Waals surface area contributed by atoms with Crippen LogP contribution in [0.5, 0.6) is 0 Å². The molecule has 0 bridgehead atoms. The molecule has 1 amide bonds. The molecular weight excluding hydrogens is 290 g/mol. The maximum atomic E-state index is 11.7. The summed E-state index contributed by atoms with van der Waals surface area (Å²) < 4.78 is 4.86. The van der Waals surface area contributed by atoms with E-state index in [0.29, 0.717) is 0 Å². The molecule has 23 heavy (non-hydrogen) atoms. The summed E-state index contributed by atoms with van der Waals surface area (Å²) >= 11 is 0. The molecule has 1 aromatic rings. The number of amides is 1. The summed E-state index contributed by atoms with van der Waals surface area (Å²) in [6.07, 6.45) is 2.08. The van der Waals surface area contributed by atoms with E-state index in [1.807, 2.05) is 4.90 Å². The minimum Gasteiger partial charge on any atom is -0.453 e. The summed E-state index contributed by atoms with van der Waals surface area (Å²) in [6, 6.07) is 10.9. The molecular formula is C18H27N3O2. The summed E-state index contributed by atoms with van der Waals surface area (Å²) in [6.45, 7) is 5.55. The number of piperazine rings is 1. The molecule has 0 atom stereocenters. The minimum atomic E-state index is -0.207. The van der Waals surface area contributed by atoms with Crippen molar-refractivity contribution in [2.45, 2.75) is 18.4 Å². The fourth-order valence-corrected chi connectivity index (χ4v) is 3.97. The van der Waals surface area contributed by atoms with Gasteiger partial charge in [0.15, 0.2) is 0 Å². The largest absolute Gasteiger partial charge is 0.453 e. The molecule has 2 aliphatic rings. The second-order valence-electron chi connectivity index (χ2n) is 6.65. The molecule has 0 aliphatic carbocycles. The van der Waals surface area contributed by atoms with Crippen LogP contribution in [0, 0.1) is 0 Å². The number of piperidine rings is 1. The van der Waals surface area contributed by atoms with Gasteiger partial charge in [-0.05, 0) is 38.5 Å². The summed E-state index contributed by atoms with van der Waals surface area (Å²) in [7, 11) is 3.65. The van der Waals surface area contributed by atoms with Crippen molar-refractivity contribution in [2.24, 2.45) is 0 Å². The molecule has 2 aliphatic heterocycles. The maximum Gasteiger partial charge on any atom is 0.409 e. The molecule has 3 rings (SSSR count). The summed E-state index contributed by atoms with van der Waals surface area (Å²) in [5.41, 5.74) is 1.52. The maximum absolute atomic E-state index is 11.7. The molecule has 2 fully saturated rings. The van der Waals surface area contributed by atoms with Crippen LogP contribution in [0.2, 0.25) is 0 Å². The topological polar surface area (TPSA) is 36.0 Å². The second kappa shape index (κ2) is 6.89. The van der Waals surface area contributed by atoms with Gasteiger partial charge < -0.3 is 14.5 Å². The predicted octanol–water partition coefficient (Wildman–Crippen LogP) is 1.99. The fourth-order valence-electron chi connectivity index (χ4n) is 3.97. The zero-order chi connectivity index (χ0) is 16.3. The zero-order valence-corrected chi connectivity index (χ0v) is 14.2. The first-order valence-corrected chi connectivity index (χ1v) is 8.48. The van der Waals surface area contributed by atoms with Crippen LogP contribution < -0.4 is 0 Å². The van der Waals surface area contributed by atoms with Crippen molar-refractivity contribution in [1.29, 1.82) is 0 Å². The van der Waals surface area contributed by atoms with E-state index in [9.17, 15) is 4.79 Å². The van der Waals surface area contributed by atoms with Gasteiger partial charge in [-0.3, -0.25) is 4.90 Å². The van der Waals surface area contributed by atoms with E-state index in [1.165, 1.54) is 12.7 Å². The molecule has 0 aromatic heterocycles. The highest BCUT2D eigenvalue weighted by atomic mass is 16.5. The summed E-state index contributed by atoms with van der Waals surface area (Å²) in [5, 5.41) is 0. The fraction of sp³-hybridized carbons (Fsp3) is 0.611. The van der Waals surface area contributed by atoms with Crippen LogP contribution in [-0.2, 0) is 10.3 Å². The van der Waals surface area contributed by atoms with Gasteiger partial charge in [0.05, 0.1) is 7.11 Å². The SMILES string of the molecule is COC(=O)N1CCN(C2(c3ccccc3)CCN(C)CC2)CC1. The van der Waals surface area contributed by atoms with Crippen LogP contribution in [0.4, 0.5) is 4.79 Å². The lowest BCUT2D eigenvalue weighted by molar-refractivity contribution is -0.00875. The van der Waals surface area contributed by atoms with E-state index < -0.39 is 0 Å². The number of hydrogen-bond donors (Lipinski definition) is 0. The van der Waals surface area contributed by atoms with Crippen LogP contribution in [0.1, 0.15) is 18.4 Å². The third-order valence-electron chi connectivity index (χ3n) is 5.44. The van der Waals surface area contributed by atoms with Gasteiger partial charge in [-0.1, -0.05) is 30.3 Å². The highest BCUT2D eigenvalue weighted by molar-refractivity contribution is 5.67. The Labute approximate surface area is 138 Å². The lowest BCUT2D eigenvalue weighted by Crippen LogP contribution is -2.59. The van der Waals surface area contributed by atoms with Gasteiger partial charge in [-0.15, -0.1) is 0 Å². The number of rotatable bonds is 2. The smallest absolute Gasteiger partial charge is 0.409 e. The molecule has 2 heterocycles. The van der Waals surface area contributed by atoms with Crippen molar-refractivity contribution < 1.29 is 9.53 Å². The van der Waals surface area contributed by atoms with Crippen molar-refractivity contribution >= 4 is 6.09 Å². The van der Waals surface area contributed by atoms with E-state index >= 15 is 0 Å². The number of hydrogen-bond acceptors (Lipinski definition) is 4. The van der Waals surface area contributed by atoms with Crippen molar-refractivity contribution in [1.82, 2.24) is 14.7 Å². The Hall–Kier alpha value is -1.59. The van der Waals surface area contributed by atoms with Crippen molar-refractivity contribution in [3.8, 4) is 0 Å². The molecule has 1 aromatic carbocycles. The highest BCUT2D eigenvalue weighted by Crippen LogP contribution is 2.39. The molecule has 0 radical (unpaired) electrons. The number of benzene rings is 1. The van der Waals surface area contributed by atoms with Gasteiger partial charge >= 0.3 is 6.09 Å². The molecule has 5 nitrogen and oxygen atoms in total. The zero-order valence-electron chi connectivity index (χ0n) is 14.2. The first-order valence-electron chi connectivity index (χ1n) is 8.48. The van der Waals surface area contributed by atoms with Crippen LogP contribution >= 0.6 is 0 Å². The first kappa shape index (κ1) is 16.3. The van der Waals surface area contributed by atoms with Crippen molar-refractivity contribution in [2.75, 3.05) is 53.4 Å². The Morgan fingerprint density at radius 2 is 1.61 bits per heavy atom. The van der Waals surface area contributed by atoms with E-state index in [0.717, 1.165) is 52.1 Å². The van der Waals surface area contributed by atoms with Gasteiger partial charge in [0.25, 0.3) is 0 Å². The van der Waals surface area contributed by atoms with E-state index in [2.05, 4.69) is 47.2 Å². The van der Waals surface area contributed by atoms with Gasteiger partial charge in [0.1, 0.15) is 0 Å². The normalized spacial score (nSPS) is 22.8. The van der Waals surface area contributed by atoms with Crippen molar-refractivity contribution in [3.63, 3.8) is 0 Å². The molecule has 0 saturated carbocycles. The van der Waals surface area contributed by atoms with Crippen LogP contribution in [-0.4, -0.2) is 74.2 Å². The summed E-state index contributed by atoms with van der Waals surface area (Å²) in [5.74, 6) is 0. The number of ether oxygens (including phenoxy) is 1. The van der Waals surface area contributed by atoms with Gasteiger partial charge in [-0.25, -0.2) is 4.79 Å². The van der Waals surface area contributed by atoms with E-state index in [-0.39, 0.29) is 11.6 Å². The molecule has 0 spiro atoms. The molecule has 0 unspecified atom stereocenters. The lowest BCUT2D eigenvalue weighted by Gasteiger charge is -2.51. The quantitative estimate of drug-likeness (QED) is 0.836. The van der Waals surface area contributed by atoms with Gasteiger partial charge in [0.2, 0.25) is 0 Å². The average molecular weight is 317 g/mol. The molecule has 126 valence electrons. The first-order chi connectivity index (χ1) is 11.2. The Kier molecular flexibility index (Phi) is 4.87. The highest BCUT2D eigenvalue weighted by Gasteiger charge is 2.42. The molecule has 5 heteroatoms. The van der Waals surface area contributed by atoms with Crippen LogP contribution in [0.25, 0.3) is 0 Å². The lowest BCUT2D eigenvalue weighted by atomic mass is 9.79. The number of nitrogens with zero attached hydrogens (tertiary/aromatic N) is 3. The van der Waals surface area contributed by atoms with Gasteiger partial charge in [0, 0.05) is 31.7 Å². The Morgan fingerprint density at radius 1 is 1.00 bits per heavy atom. The summed E-state index contributed by atoms with van der Waals surface area (Å²) in [4.78, 5) is 18.5. The van der Waals surface area contributed by atoms with E-state index in [4.69, 9.17) is 4.74 Å². The standard InChI is InChI=1S/C18H27N3O2/c1-19-10-8-18(9-11-19,16-6-4-3-5-7-16)21-14-12-20(13-15-21)17(22)23-2/h3-7H,8-15H2,1-2H3. The second-order valence-corrected chi connectivity index (χ2v) is 6.65. The number of likely N-dealkylation sites (tertiary alicyclic amines) is 1. The Balaban J connectivity index is 1.79. The molecule has 0 N–H and O–H groups in total. The van der Waals surface area contributed by atoms with E-state index in [1.54, 1.807) is 0 Å². The van der Waals surface area contributed by atoms with Crippen LogP contribution in [0.3, 0.4) is 0 Å². The Morgan fingerprint density at radius 3 is 2.17 bits per heavy atom. The minimum absolute atomic E-state index is 0.107. The third kappa shape index (κ3) is 3.21. The number of carbonyl (C=O) groups excluding carboxylic acids is 1. The monoisotopic (exact) mass is 317 g/mol. The Bertz CT molecular complexity index is 518. The van der Waals surface area contributed by atoms with Crippen LogP contribution in [0.15, 0.2) is 30.3 Å². The van der Waals surface area contributed by atoms with Crippen molar-refractivity contribution in [3.05, 3.63) is 35.9 Å². The third-order valence-corrected chi connectivity index (χ3v) is 5.44. The number of carbonyl (C=O) groups is 1. The molecule has 2 saturated heterocycles. The van der Waals surface area contributed by atoms with Gasteiger partial charge in [-0.2, -0.15) is 0 Å². The number of methoxy groups -OCH3 is 1. The predicted molar refractivity (Wildman–Crippen MR) is 90.4 cm³/mol. The average Bonchev–Trinajstić information content (AvgIpc) is 2.63.